The van der Waals surface area contributed by atoms with Gasteiger partial charge in [-0.1, -0.05) is 30.3 Å². The molecule has 0 bridgehead atoms. The molecule has 0 spiro atoms. The van der Waals surface area contributed by atoms with E-state index in [1.807, 2.05) is 30.5 Å². The molecule has 0 aliphatic rings. The van der Waals surface area contributed by atoms with Gasteiger partial charge < -0.3 is 10.3 Å². The molecule has 1 aromatic heterocycles. The molecule has 148 valence electrons. The Bertz CT molecular complexity index is 922. The minimum absolute atomic E-state index is 0.125. The number of halogens is 3. The van der Waals surface area contributed by atoms with Crippen molar-refractivity contribution in [3.8, 4) is 0 Å². The maximum atomic E-state index is 12.9. The van der Waals surface area contributed by atoms with E-state index >= 15 is 0 Å². The number of aromatic amines is 1. The van der Waals surface area contributed by atoms with Crippen LogP contribution < -0.4 is 5.32 Å². The Labute approximate surface area is 164 Å². The number of carbonyl (C=O) groups excluding carboxylic acids is 1. The van der Waals surface area contributed by atoms with Crippen LogP contribution >= 0.6 is 11.8 Å². The zero-order valence-corrected chi connectivity index (χ0v) is 16.0. The third-order valence-electron chi connectivity index (χ3n) is 4.30. The number of hydrogen-bond acceptors (Lipinski definition) is 3. The van der Waals surface area contributed by atoms with Crippen molar-refractivity contribution in [1.82, 2.24) is 15.3 Å². The molecule has 3 aromatic rings. The number of para-hydroxylation sites is 2. The van der Waals surface area contributed by atoms with Crippen molar-refractivity contribution in [3.05, 3.63) is 65.5 Å². The number of carbonyl (C=O) groups is 1. The second-order valence-corrected chi connectivity index (χ2v) is 7.40. The Morgan fingerprint density at radius 2 is 2.00 bits per heavy atom. The molecular formula is C20H20F3N3OS. The number of fused-ring (bicyclic) bond motifs is 1. The molecule has 0 fully saturated rings. The van der Waals surface area contributed by atoms with E-state index in [9.17, 15) is 18.0 Å². The molecule has 2 aromatic carbocycles. The van der Waals surface area contributed by atoms with Gasteiger partial charge in [0.2, 0.25) is 5.91 Å². The number of benzene rings is 2. The van der Waals surface area contributed by atoms with Crippen LogP contribution in [0.1, 0.15) is 29.4 Å². The minimum Gasteiger partial charge on any atom is -0.346 e. The lowest BCUT2D eigenvalue weighted by molar-refractivity contribution is -0.137. The van der Waals surface area contributed by atoms with Gasteiger partial charge in [0.25, 0.3) is 0 Å². The average Bonchev–Trinajstić information content (AvgIpc) is 3.08. The quantitative estimate of drug-likeness (QED) is 0.595. The lowest BCUT2D eigenvalue weighted by Gasteiger charge is -2.16. The zero-order valence-electron chi connectivity index (χ0n) is 15.2. The topological polar surface area (TPSA) is 57.8 Å². The molecule has 0 saturated carbocycles. The van der Waals surface area contributed by atoms with Crippen LogP contribution in [0.25, 0.3) is 11.0 Å². The fraction of sp³-hybridized carbons (Fsp3) is 0.300. The predicted octanol–water partition coefficient (Wildman–Crippen LogP) is 4.73. The van der Waals surface area contributed by atoms with Crippen LogP contribution in [0.3, 0.4) is 0 Å². The molecule has 1 amide bonds. The maximum absolute atomic E-state index is 12.9. The molecule has 0 aliphatic carbocycles. The van der Waals surface area contributed by atoms with E-state index in [1.54, 1.807) is 11.8 Å². The summed E-state index contributed by atoms with van der Waals surface area (Å²) in [5, 5.41) is 2.91. The van der Waals surface area contributed by atoms with Crippen molar-refractivity contribution in [2.24, 2.45) is 0 Å². The van der Waals surface area contributed by atoms with E-state index in [4.69, 9.17) is 0 Å². The number of alkyl halides is 3. The summed E-state index contributed by atoms with van der Waals surface area (Å²) in [5.41, 5.74) is 1.24. The second-order valence-electron chi connectivity index (χ2n) is 6.42. The molecule has 2 N–H and O–H groups in total. The number of nitrogens with one attached hydrogen (secondary N) is 2. The van der Waals surface area contributed by atoms with Crippen molar-refractivity contribution in [2.45, 2.75) is 25.1 Å². The summed E-state index contributed by atoms with van der Waals surface area (Å²) in [5.74, 6) is 1.12. The van der Waals surface area contributed by atoms with E-state index in [0.29, 0.717) is 17.8 Å². The molecule has 28 heavy (non-hydrogen) atoms. The van der Waals surface area contributed by atoms with Crippen molar-refractivity contribution >= 4 is 28.7 Å². The van der Waals surface area contributed by atoms with Gasteiger partial charge in [-0.3, -0.25) is 4.79 Å². The molecule has 0 saturated heterocycles. The first kappa shape index (κ1) is 20.3. The summed E-state index contributed by atoms with van der Waals surface area (Å²) in [4.78, 5) is 20.3. The normalized spacial score (nSPS) is 12.9. The Morgan fingerprint density at radius 1 is 1.21 bits per heavy atom. The van der Waals surface area contributed by atoms with Crippen LogP contribution in [-0.2, 0) is 17.4 Å². The predicted molar refractivity (Wildman–Crippen MR) is 105 cm³/mol. The highest BCUT2D eigenvalue weighted by Gasteiger charge is 2.30. The Kier molecular flexibility index (Phi) is 6.28. The van der Waals surface area contributed by atoms with Gasteiger partial charge in [0.1, 0.15) is 5.82 Å². The van der Waals surface area contributed by atoms with Gasteiger partial charge in [-0.15, -0.1) is 0 Å². The second kappa shape index (κ2) is 8.68. The first-order valence-corrected chi connectivity index (χ1v) is 10.2. The molecule has 0 radical (unpaired) electrons. The number of imidazole rings is 1. The summed E-state index contributed by atoms with van der Waals surface area (Å²) in [6.45, 7) is 0. The van der Waals surface area contributed by atoms with Crippen LogP contribution in [0, 0.1) is 0 Å². The molecule has 1 atom stereocenters. The number of thioether (sulfide) groups is 1. The first-order chi connectivity index (χ1) is 13.4. The van der Waals surface area contributed by atoms with Gasteiger partial charge in [-0.25, -0.2) is 4.98 Å². The van der Waals surface area contributed by atoms with Crippen LogP contribution in [0.15, 0.2) is 48.5 Å². The number of nitrogens with zero attached hydrogens (tertiary/aromatic N) is 1. The van der Waals surface area contributed by atoms with Gasteiger partial charge in [-0.2, -0.15) is 24.9 Å². The average molecular weight is 407 g/mol. The van der Waals surface area contributed by atoms with Crippen LogP contribution in [0.5, 0.6) is 0 Å². The highest BCUT2D eigenvalue weighted by molar-refractivity contribution is 7.98. The summed E-state index contributed by atoms with van der Waals surface area (Å²) < 4.78 is 38.6. The van der Waals surface area contributed by atoms with Gasteiger partial charge in [0, 0.05) is 0 Å². The van der Waals surface area contributed by atoms with Crippen LogP contribution in [0.2, 0.25) is 0 Å². The summed E-state index contributed by atoms with van der Waals surface area (Å²) in [6.07, 6.45) is -1.92. The van der Waals surface area contributed by atoms with Crippen molar-refractivity contribution in [1.29, 1.82) is 0 Å². The Hall–Kier alpha value is -2.48. The lowest BCUT2D eigenvalue weighted by Crippen LogP contribution is -2.31. The van der Waals surface area contributed by atoms with E-state index in [-0.39, 0.29) is 18.4 Å². The van der Waals surface area contributed by atoms with Gasteiger partial charge in [-0.05, 0) is 42.2 Å². The maximum Gasteiger partial charge on any atom is 0.416 e. The summed E-state index contributed by atoms with van der Waals surface area (Å²) in [7, 11) is 0. The smallest absolute Gasteiger partial charge is 0.346 e. The number of aromatic nitrogens is 2. The lowest BCUT2D eigenvalue weighted by atomic mass is 10.1. The van der Waals surface area contributed by atoms with Crippen LogP contribution in [-0.4, -0.2) is 27.9 Å². The highest BCUT2D eigenvalue weighted by atomic mass is 32.2. The van der Waals surface area contributed by atoms with Gasteiger partial charge >= 0.3 is 6.18 Å². The number of amides is 1. The van der Waals surface area contributed by atoms with E-state index in [0.717, 1.165) is 28.9 Å². The molecule has 3 rings (SSSR count). The SMILES string of the molecule is CSCC[C@H](NC(=O)Cc1cccc(C(F)(F)F)c1)c1nc2ccccc2[nH]1. The minimum atomic E-state index is -4.43. The summed E-state index contributed by atoms with van der Waals surface area (Å²) in [6, 6.07) is 12.1. The summed E-state index contributed by atoms with van der Waals surface area (Å²) >= 11 is 1.65. The highest BCUT2D eigenvalue weighted by Crippen LogP contribution is 2.29. The standard InChI is InChI=1S/C20H20F3N3OS/c1-28-10-9-17(19-25-15-7-2-3-8-16(15)26-19)24-18(27)12-13-5-4-6-14(11-13)20(21,22)23/h2-8,11,17H,9-10,12H2,1H3,(H,24,27)(H,25,26)/t17-/m0/s1. The monoisotopic (exact) mass is 407 g/mol. The van der Waals surface area contributed by atoms with Crippen LogP contribution in [0.4, 0.5) is 13.2 Å². The van der Waals surface area contributed by atoms with Gasteiger partial charge in [0.15, 0.2) is 0 Å². The van der Waals surface area contributed by atoms with E-state index < -0.39 is 11.7 Å². The molecular weight excluding hydrogens is 387 g/mol. The van der Waals surface area contributed by atoms with Crippen molar-refractivity contribution < 1.29 is 18.0 Å². The third-order valence-corrected chi connectivity index (χ3v) is 4.95. The number of rotatable bonds is 7. The molecule has 0 unspecified atom stereocenters. The van der Waals surface area contributed by atoms with Crippen molar-refractivity contribution in [2.75, 3.05) is 12.0 Å². The van der Waals surface area contributed by atoms with Gasteiger partial charge in [0.05, 0.1) is 29.1 Å². The number of H-pyrrole nitrogens is 1. The fourth-order valence-electron chi connectivity index (χ4n) is 2.94. The third kappa shape index (κ3) is 5.07. The first-order valence-electron chi connectivity index (χ1n) is 8.76. The molecule has 4 nitrogen and oxygen atoms in total. The molecule has 8 heteroatoms. The van der Waals surface area contributed by atoms with E-state index in [2.05, 4.69) is 15.3 Å². The molecule has 0 aliphatic heterocycles. The fourth-order valence-corrected chi connectivity index (χ4v) is 3.41. The zero-order chi connectivity index (χ0) is 20.1. The molecule has 1 heterocycles. The Morgan fingerprint density at radius 3 is 2.71 bits per heavy atom. The largest absolute Gasteiger partial charge is 0.416 e. The van der Waals surface area contributed by atoms with E-state index in [1.165, 1.54) is 12.1 Å². The van der Waals surface area contributed by atoms with Crippen molar-refractivity contribution in [3.63, 3.8) is 0 Å². The number of hydrogen-bond donors (Lipinski definition) is 2. The Balaban J connectivity index is 1.74.